The summed E-state index contributed by atoms with van der Waals surface area (Å²) in [6.45, 7) is 2.09. The Hall–Kier alpha value is -1.12. The molecular weight excluding hydrogens is 142 g/mol. The number of aldehydes is 1. The first-order valence-electron chi connectivity index (χ1n) is 3.66. The standard InChI is InChI=1S/C8H9NO2/c1-8(2-3-8)7-9-6(4-10)5-11-7/h4-5H,2-3H2,1H3. The molecule has 0 amide bonds. The summed E-state index contributed by atoms with van der Waals surface area (Å²) in [7, 11) is 0. The van der Waals surface area contributed by atoms with E-state index in [0.29, 0.717) is 17.9 Å². The van der Waals surface area contributed by atoms with Gasteiger partial charge in [0.25, 0.3) is 0 Å². The van der Waals surface area contributed by atoms with Gasteiger partial charge in [-0.3, -0.25) is 4.79 Å². The third-order valence-corrected chi connectivity index (χ3v) is 2.16. The van der Waals surface area contributed by atoms with Crippen molar-refractivity contribution in [3.63, 3.8) is 0 Å². The second-order valence-electron chi connectivity index (χ2n) is 3.26. The molecule has 1 aromatic rings. The molecule has 11 heavy (non-hydrogen) atoms. The highest BCUT2D eigenvalue weighted by Gasteiger charge is 2.43. The molecule has 0 radical (unpaired) electrons. The minimum atomic E-state index is 0.126. The van der Waals surface area contributed by atoms with Gasteiger partial charge in [0.2, 0.25) is 5.89 Å². The van der Waals surface area contributed by atoms with Crippen LogP contribution in [-0.2, 0) is 5.41 Å². The van der Waals surface area contributed by atoms with E-state index in [9.17, 15) is 4.79 Å². The molecule has 1 aliphatic carbocycles. The SMILES string of the molecule is CC1(c2nc(C=O)co2)CC1. The molecular formula is C8H9NO2. The number of carbonyl (C=O) groups is 1. The van der Waals surface area contributed by atoms with Crippen LogP contribution in [0.2, 0.25) is 0 Å². The second kappa shape index (κ2) is 1.94. The smallest absolute Gasteiger partial charge is 0.200 e. The first kappa shape index (κ1) is 6.58. The fourth-order valence-corrected chi connectivity index (χ4v) is 1.02. The van der Waals surface area contributed by atoms with Crippen molar-refractivity contribution in [2.75, 3.05) is 0 Å². The van der Waals surface area contributed by atoms with Crippen LogP contribution in [0, 0.1) is 0 Å². The predicted molar refractivity (Wildman–Crippen MR) is 38.5 cm³/mol. The van der Waals surface area contributed by atoms with Gasteiger partial charge >= 0.3 is 0 Å². The van der Waals surface area contributed by atoms with Crippen molar-refractivity contribution < 1.29 is 9.21 Å². The number of hydrogen-bond acceptors (Lipinski definition) is 3. The van der Waals surface area contributed by atoms with Gasteiger partial charge in [0.05, 0.1) is 0 Å². The average Bonchev–Trinajstić information content (AvgIpc) is 2.61. The molecule has 0 aliphatic heterocycles. The number of aromatic nitrogens is 1. The summed E-state index contributed by atoms with van der Waals surface area (Å²) >= 11 is 0. The van der Waals surface area contributed by atoms with Crippen LogP contribution in [0.5, 0.6) is 0 Å². The molecule has 0 atom stereocenters. The van der Waals surface area contributed by atoms with E-state index in [4.69, 9.17) is 4.42 Å². The van der Waals surface area contributed by atoms with E-state index in [2.05, 4.69) is 11.9 Å². The van der Waals surface area contributed by atoms with Gasteiger partial charge < -0.3 is 4.42 Å². The van der Waals surface area contributed by atoms with Crippen LogP contribution >= 0.6 is 0 Å². The number of hydrogen-bond donors (Lipinski definition) is 0. The Kier molecular flexibility index (Phi) is 1.16. The van der Waals surface area contributed by atoms with Gasteiger partial charge in [-0.2, -0.15) is 0 Å². The van der Waals surface area contributed by atoms with Crippen LogP contribution in [0.3, 0.4) is 0 Å². The lowest BCUT2D eigenvalue weighted by Gasteiger charge is -1.98. The zero-order chi connectivity index (χ0) is 7.90. The van der Waals surface area contributed by atoms with E-state index in [1.807, 2.05) is 0 Å². The zero-order valence-electron chi connectivity index (χ0n) is 6.33. The summed E-state index contributed by atoms with van der Waals surface area (Å²) < 4.78 is 5.14. The Morgan fingerprint density at radius 2 is 2.45 bits per heavy atom. The van der Waals surface area contributed by atoms with Crippen molar-refractivity contribution in [2.24, 2.45) is 0 Å². The molecule has 0 unspecified atom stereocenters. The quantitative estimate of drug-likeness (QED) is 0.602. The van der Waals surface area contributed by atoms with Gasteiger partial charge in [0.15, 0.2) is 6.29 Å². The Morgan fingerprint density at radius 1 is 1.73 bits per heavy atom. The van der Waals surface area contributed by atoms with E-state index >= 15 is 0 Å². The van der Waals surface area contributed by atoms with Gasteiger partial charge in [-0.25, -0.2) is 4.98 Å². The number of rotatable bonds is 2. The Labute approximate surface area is 64.4 Å². The van der Waals surface area contributed by atoms with Gasteiger partial charge in [-0.1, -0.05) is 6.92 Å². The van der Waals surface area contributed by atoms with Crippen molar-refractivity contribution in [2.45, 2.75) is 25.2 Å². The summed E-state index contributed by atoms with van der Waals surface area (Å²) in [5.41, 5.74) is 0.523. The molecule has 3 heteroatoms. The molecule has 0 spiro atoms. The zero-order valence-corrected chi connectivity index (χ0v) is 6.33. The molecule has 0 bridgehead atoms. The number of oxazole rings is 1. The summed E-state index contributed by atoms with van der Waals surface area (Å²) in [5.74, 6) is 0.708. The minimum absolute atomic E-state index is 0.126. The molecule has 3 nitrogen and oxygen atoms in total. The Bertz CT molecular complexity index is 286. The largest absolute Gasteiger partial charge is 0.448 e. The number of carbonyl (C=O) groups excluding carboxylic acids is 1. The minimum Gasteiger partial charge on any atom is -0.448 e. The first-order chi connectivity index (χ1) is 5.24. The van der Waals surface area contributed by atoms with Crippen LogP contribution in [0.4, 0.5) is 0 Å². The van der Waals surface area contributed by atoms with Crippen molar-refractivity contribution in [1.29, 1.82) is 0 Å². The Morgan fingerprint density at radius 3 is 2.91 bits per heavy atom. The van der Waals surface area contributed by atoms with E-state index in [-0.39, 0.29) is 5.41 Å². The lowest BCUT2D eigenvalue weighted by Crippen LogP contribution is -1.99. The lowest BCUT2D eigenvalue weighted by atomic mass is 10.1. The third-order valence-electron chi connectivity index (χ3n) is 2.16. The molecule has 1 aromatic heterocycles. The molecule has 0 saturated heterocycles. The maximum atomic E-state index is 10.2. The monoisotopic (exact) mass is 151 g/mol. The van der Waals surface area contributed by atoms with Crippen molar-refractivity contribution in [1.82, 2.24) is 4.98 Å². The van der Waals surface area contributed by atoms with E-state index in [1.54, 1.807) is 0 Å². The van der Waals surface area contributed by atoms with Crippen molar-refractivity contribution >= 4 is 6.29 Å². The van der Waals surface area contributed by atoms with Crippen LogP contribution in [0.15, 0.2) is 10.7 Å². The normalized spacial score (nSPS) is 19.7. The maximum absolute atomic E-state index is 10.2. The predicted octanol–water partition coefficient (Wildman–Crippen LogP) is 1.54. The van der Waals surface area contributed by atoms with E-state index < -0.39 is 0 Å². The maximum Gasteiger partial charge on any atom is 0.200 e. The summed E-state index contributed by atoms with van der Waals surface area (Å²) in [4.78, 5) is 14.3. The fraction of sp³-hybridized carbons (Fsp3) is 0.500. The molecule has 1 heterocycles. The molecule has 1 aliphatic rings. The van der Waals surface area contributed by atoms with Gasteiger partial charge in [-0.15, -0.1) is 0 Å². The molecule has 1 saturated carbocycles. The summed E-state index contributed by atoms with van der Waals surface area (Å²) in [5, 5.41) is 0. The van der Waals surface area contributed by atoms with Crippen LogP contribution in [0.1, 0.15) is 36.1 Å². The van der Waals surface area contributed by atoms with Crippen LogP contribution in [-0.4, -0.2) is 11.3 Å². The number of nitrogens with zero attached hydrogens (tertiary/aromatic N) is 1. The average molecular weight is 151 g/mol. The highest BCUT2D eigenvalue weighted by Crippen LogP contribution is 2.46. The van der Waals surface area contributed by atoms with Gasteiger partial charge in [0.1, 0.15) is 12.0 Å². The van der Waals surface area contributed by atoms with Gasteiger partial charge in [0, 0.05) is 5.41 Å². The molecule has 58 valence electrons. The molecule has 0 N–H and O–H groups in total. The summed E-state index contributed by atoms with van der Waals surface area (Å²) in [6.07, 6.45) is 4.35. The van der Waals surface area contributed by atoms with E-state index in [1.165, 1.54) is 6.26 Å². The van der Waals surface area contributed by atoms with Crippen molar-refractivity contribution in [3.8, 4) is 0 Å². The Balaban J connectivity index is 2.32. The van der Waals surface area contributed by atoms with Crippen LogP contribution in [0.25, 0.3) is 0 Å². The van der Waals surface area contributed by atoms with Gasteiger partial charge in [-0.05, 0) is 12.8 Å². The second-order valence-corrected chi connectivity index (χ2v) is 3.26. The summed E-state index contributed by atoms with van der Waals surface area (Å²) in [6, 6.07) is 0. The van der Waals surface area contributed by atoms with E-state index in [0.717, 1.165) is 12.8 Å². The fourth-order valence-electron chi connectivity index (χ4n) is 1.02. The van der Waals surface area contributed by atoms with Crippen LogP contribution < -0.4 is 0 Å². The lowest BCUT2D eigenvalue weighted by molar-refractivity contribution is 0.111. The molecule has 0 aromatic carbocycles. The molecule has 1 fully saturated rings. The first-order valence-corrected chi connectivity index (χ1v) is 3.66. The highest BCUT2D eigenvalue weighted by atomic mass is 16.3. The topological polar surface area (TPSA) is 43.1 Å². The van der Waals surface area contributed by atoms with Crippen molar-refractivity contribution in [3.05, 3.63) is 17.8 Å². The third kappa shape index (κ3) is 0.964. The molecule has 2 rings (SSSR count). The highest BCUT2D eigenvalue weighted by molar-refractivity contribution is 5.70.